The summed E-state index contributed by atoms with van der Waals surface area (Å²) in [7, 11) is 0. The molecule has 0 heterocycles. The molecule has 0 fully saturated rings. The van der Waals surface area contributed by atoms with E-state index in [1.807, 2.05) is 0 Å². The highest BCUT2D eigenvalue weighted by Crippen LogP contribution is 2.21. The van der Waals surface area contributed by atoms with Crippen LogP contribution in [0.15, 0.2) is 18.2 Å². The van der Waals surface area contributed by atoms with Crippen LogP contribution in [0.3, 0.4) is 0 Å². The van der Waals surface area contributed by atoms with Gasteiger partial charge in [0.2, 0.25) is 0 Å². The Labute approximate surface area is 198 Å². The van der Waals surface area contributed by atoms with E-state index in [4.69, 9.17) is 32.7 Å². The lowest BCUT2D eigenvalue weighted by Gasteiger charge is -2.07. The summed E-state index contributed by atoms with van der Waals surface area (Å²) in [5.74, 6) is -0.808. The highest BCUT2D eigenvalue weighted by Gasteiger charge is 2.10. The SMILES string of the molecule is CCCCCCCCCCCCCCOC(=O)CCC(=O)OCc1ccc(Cl)cc1Cl. The first-order valence-corrected chi connectivity index (χ1v) is 12.5. The molecule has 31 heavy (non-hydrogen) atoms. The molecule has 176 valence electrons. The van der Waals surface area contributed by atoms with Gasteiger partial charge in [0.05, 0.1) is 19.4 Å². The predicted octanol–water partition coefficient (Wildman–Crippen LogP) is 8.06. The highest BCUT2D eigenvalue weighted by atomic mass is 35.5. The lowest BCUT2D eigenvalue weighted by atomic mass is 10.1. The summed E-state index contributed by atoms with van der Waals surface area (Å²) in [6.45, 7) is 2.73. The summed E-state index contributed by atoms with van der Waals surface area (Å²) in [6, 6.07) is 4.99. The first-order valence-electron chi connectivity index (χ1n) is 11.8. The fraction of sp³-hybridized carbons (Fsp3) is 0.680. The van der Waals surface area contributed by atoms with Crippen molar-refractivity contribution in [1.29, 1.82) is 0 Å². The molecule has 0 aliphatic carbocycles. The molecule has 1 aromatic rings. The number of benzene rings is 1. The van der Waals surface area contributed by atoms with Crippen molar-refractivity contribution >= 4 is 35.1 Å². The van der Waals surface area contributed by atoms with Crippen LogP contribution in [-0.2, 0) is 25.7 Å². The number of unbranched alkanes of at least 4 members (excludes halogenated alkanes) is 11. The van der Waals surface area contributed by atoms with Gasteiger partial charge in [0.15, 0.2) is 0 Å². The van der Waals surface area contributed by atoms with Crippen LogP contribution in [0.25, 0.3) is 0 Å². The van der Waals surface area contributed by atoms with Crippen LogP contribution in [0.4, 0.5) is 0 Å². The average Bonchev–Trinajstić information content (AvgIpc) is 2.75. The number of carbonyl (C=O) groups is 2. The molecule has 0 aliphatic rings. The predicted molar refractivity (Wildman–Crippen MR) is 128 cm³/mol. The fourth-order valence-corrected chi connectivity index (χ4v) is 3.74. The molecular formula is C25H38Cl2O4. The number of hydrogen-bond acceptors (Lipinski definition) is 4. The number of esters is 2. The second kappa shape index (κ2) is 18.3. The summed E-state index contributed by atoms with van der Waals surface area (Å²) in [4.78, 5) is 23.5. The molecule has 0 aliphatic heterocycles. The van der Waals surface area contributed by atoms with Crippen LogP contribution < -0.4 is 0 Å². The third-order valence-corrected chi connectivity index (χ3v) is 5.78. The second-order valence-corrected chi connectivity index (χ2v) is 8.85. The smallest absolute Gasteiger partial charge is 0.306 e. The number of rotatable bonds is 18. The third kappa shape index (κ3) is 15.2. The maximum Gasteiger partial charge on any atom is 0.306 e. The largest absolute Gasteiger partial charge is 0.466 e. The van der Waals surface area contributed by atoms with E-state index in [1.165, 1.54) is 64.2 Å². The van der Waals surface area contributed by atoms with E-state index in [0.29, 0.717) is 22.2 Å². The van der Waals surface area contributed by atoms with Gasteiger partial charge < -0.3 is 9.47 Å². The van der Waals surface area contributed by atoms with E-state index in [1.54, 1.807) is 18.2 Å². The van der Waals surface area contributed by atoms with E-state index >= 15 is 0 Å². The normalized spacial score (nSPS) is 10.8. The molecule has 1 rings (SSSR count). The molecule has 0 N–H and O–H groups in total. The zero-order valence-electron chi connectivity index (χ0n) is 18.9. The van der Waals surface area contributed by atoms with Gasteiger partial charge in [0, 0.05) is 15.6 Å². The molecule has 4 nitrogen and oxygen atoms in total. The molecule has 0 atom stereocenters. The first-order chi connectivity index (χ1) is 15.0. The van der Waals surface area contributed by atoms with Gasteiger partial charge in [0.1, 0.15) is 6.61 Å². The van der Waals surface area contributed by atoms with Crippen LogP contribution in [0.5, 0.6) is 0 Å². The number of ether oxygens (including phenoxy) is 2. The van der Waals surface area contributed by atoms with Crippen LogP contribution in [-0.4, -0.2) is 18.5 Å². The Morgan fingerprint density at radius 1 is 0.742 bits per heavy atom. The van der Waals surface area contributed by atoms with E-state index in [2.05, 4.69) is 6.92 Å². The van der Waals surface area contributed by atoms with Gasteiger partial charge in [-0.1, -0.05) is 107 Å². The lowest BCUT2D eigenvalue weighted by molar-refractivity contribution is -0.151. The van der Waals surface area contributed by atoms with Crippen LogP contribution in [0.2, 0.25) is 10.0 Å². The minimum absolute atomic E-state index is 0.00247. The molecule has 6 heteroatoms. The van der Waals surface area contributed by atoms with E-state index in [0.717, 1.165) is 12.8 Å². The maximum atomic E-state index is 11.8. The molecule has 0 saturated heterocycles. The molecule has 0 amide bonds. The topological polar surface area (TPSA) is 52.6 Å². The molecule has 0 bridgehead atoms. The molecule has 0 saturated carbocycles. The zero-order valence-corrected chi connectivity index (χ0v) is 20.4. The average molecular weight is 473 g/mol. The standard InChI is InChI=1S/C25H38Cl2O4/c1-2-3-4-5-6-7-8-9-10-11-12-13-18-30-24(28)16-17-25(29)31-20-21-14-15-22(26)19-23(21)27/h14-15,19H,2-13,16-18,20H2,1H3. The molecule has 0 aromatic heterocycles. The molecule has 0 unspecified atom stereocenters. The summed E-state index contributed by atoms with van der Waals surface area (Å²) >= 11 is 11.9. The zero-order chi connectivity index (χ0) is 22.7. The van der Waals surface area contributed by atoms with Crippen molar-refractivity contribution < 1.29 is 19.1 Å². The maximum absolute atomic E-state index is 11.8. The number of hydrogen-bond donors (Lipinski definition) is 0. The summed E-state index contributed by atoms with van der Waals surface area (Å²) in [5, 5.41) is 0.970. The van der Waals surface area contributed by atoms with Gasteiger partial charge in [-0.3, -0.25) is 9.59 Å². The number of carbonyl (C=O) groups excluding carboxylic acids is 2. The van der Waals surface area contributed by atoms with Gasteiger partial charge in [-0.05, 0) is 18.6 Å². The molecule has 0 spiro atoms. The Bertz CT molecular complexity index is 634. The minimum Gasteiger partial charge on any atom is -0.466 e. The Morgan fingerprint density at radius 3 is 1.81 bits per heavy atom. The van der Waals surface area contributed by atoms with E-state index < -0.39 is 5.97 Å². The van der Waals surface area contributed by atoms with Crippen molar-refractivity contribution in [3.8, 4) is 0 Å². The van der Waals surface area contributed by atoms with Crippen LogP contribution in [0, 0.1) is 0 Å². The molecule has 0 radical (unpaired) electrons. The van der Waals surface area contributed by atoms with Crippen molar-refractivity contribution in [3.63, 3.8) is 0 Å². The monoisotopic (exact) mass is 472 g/mol. The van der Waals surface area contributed by atoms with E-state index in [-0.39, 0.29) is 25.4 Å². The van der Waals surface area contributed by atoms with Crippen LogP contribution in [0.1, 0.15) is 102 Å². The summed E-state index contributed by atoms with van der Waals surface area (Å²) < 4.78 is 10.3. The first kappa shape index (κ1) is 27.8. The van der Waals surface area contributed by atoms with E-state index in [9.17, 15) is 9.59 Å². The quantitative estimate of drug-likeness (QED) is 0.160. The van der Waals surface area contributed by atoms with Gasteiger partial charge in [-0.2, -0.15) is 0 Å². The van der Waals surface area contributed by atoms with Gasteiger partial charge in [-0.15, -0.1) is 0 Å². The second-order valence-electron chi connectivity index (χ2n) is 8.01. The van der Waals surface area contributed by atoms with Gasteiger partial charge in [0.25, 0.3) is 0 Å². The van der Waals surface area contributed by atoms with Crippen molar-refractivity contribution in [2.45, 2.75) is 103 Å². The Hall–Kier alpha value is -1.26. The summed E-state index contributed by atoms with van der Waals surface area (Å²) in [5.41, 5.74) is 0.675. The lowest BCUT2D eigenvalue weighted by Crippen LogP contribution is -2.11. The Balaban J connectivity index is 1.92. The summed E-state index contributed by atoms with van der Waals surface area (Å²) in [6.07, 6.45) is 15.2. The highest BCUT2D eigenvalue weighted by molar-refractivity contribution is 6.35. The fourth-order valence-electron chi connectivity index (χ4n) is 3.27. The minimum atomic E-state index is -0.451. The molecule has 1 aromatic carbocycles. The number of halogens is 2. The Kier molecular flexibility index (Phi) is 16.4. The van der Waals surface area contributed by atoms with Gasteiger partial charge in [-0.25, -0.2) is 0 Å². The van der Waals surface area contributed by atoms with Crippen LogP contribution >= 0.6 is 23.2 Å². The van der Waals surface area contributed by atoms with Gasteiger partial charge >= 0.3 is 11.9 Å². The van der Waals surface area contributed by atoms with Crippen molar-refractivity contribution in [2.75, 3.05) is 6.61 Å². The van der Waals surface area contributed by atoms with Crippen molar-refractivity contribution in [1.82, 2.24) is 0 Å². The van der Waals surface area contributed by atoms with Crippen molar-refractivity contribution in [2.24, 2.45) is 0 Å². The molecular weight excluding hydrogens is 435 g/mol. The van der Waals surface area contributed by atoms with Crippen molar-refractivity contribution in [3.05, 3.63) is 33.8 Å². The third-order valence-electron chi connectivity index (χ3n) is 5.20. The Morgan fingerprint density at radius 2 is 1.26 bits per heavy atom.